The monoisotopic (exact) mass is 452 g/mol. The number of anilines is 2. The summed E-state index contributed by atoms with van der Waals surface area (Å²) < 4.78 is 11.2. The van der Waals surface area contributed by atoms with Crippen LogP contribution in [0.5, 0.6) is 11.5 Å². The number of benzene rings is 2. The number of nitro groups is 1. The molecule has 1 aromatic heterocycles. The Bertz CT molecular complexity index is 1130. The first kappa shape index (κ1) is 22.5. The summed E-state index contributed by atoms with van der Waals surface area (Å²) in [6.07, 6.45) is 2.38. The second-order valence-electron chi connectivity index (χ2n) is 7.76. The van der Waals surface area contributed by atoms with E-state index in [9.17, 15) is 10.1 Å². The van der Waals surface area contributed by atoms with Crippen LogP contribution in [0.2, 0.25) is 0 Å². The van der Waals surface area contributed by atoms with Crippen LogP contribution < -0.4 is 25.0 Å². The van der Waals surface area contributed by atoms with Gasteiger partial charge in [0.25, 0.3) is 5.69 Å². The highest BCUT2D eigenvalue weighted by Crippen LogP contribution is 2.35. The molecule has 10 nitrogen and oxygen atoms in total. The van der Waals surface area contributed by atoms with E-state index in [2.05, 4.69) is 20.6 Å². The van der Waals surface area contributed by atoms with Crippen LogP contribution in [-0.2, 0) is 6.54 Å². The van der Waals surface area contributed by atoms with Crippen molar-refractivity contribution in [3.05, 3.63) is 52.3 Å². The Labute approximate surface area is 192 Å². The van der Waals surface area contributed by atoms with Crippen molar-refractivity contribution in [1.82, 2.24) is 15.3 Å². The molecule has 0 saturated carbocycles. The van der Waals surface area contributed by atoms with Gasteiger partial charge in [-0.3, -0.25) is 10.1 Å². The van der Waals surface area contributed by atoms with Crippen molar-refractivity contribution in [2.24, 2.45) is 0 Å². The number of nitrogens with zero attached hydrogens (tertiary/aromatic N) is 4. The van der Waals surface area contributed by atoms with E-state index in [-0.39, 0.29) is 10.6 Å². The van der Waals surface area contributed by atoms with E-state index in [1.165, 1.54) is 6.33 Å². The lowest BCUT2D eigenvalue weighted by atomic mass is 10.1. The van der Waals surface area contributed by atoms with Crippen molar-refractivity contribution >= 4 is 28.1 Å². The van der Waals surface area contributed by atoms with E-state index >= 15 is 0 Å². The Morgan fingerprint density at radius 1 is 1.18 bits per heavy atom. The van der Waals surface area contributed by atoms with E-state index in [0.29, 0.717) is 60.1 Å². The second-order valence-corrected chi connectivity index (χ2v) is 7.76. The van der Waals surface area contributed by atoms with Gasteiger partial charge in [-0.2, -0.15) is 0 Å². The zero-order valence-electron chi connectivity index (χ0n) is 18.8. The van der Waals surface area contributed by atoms with Gasteiger partial charge < -0.3 is 25.0 Å². The summed E-state index contributed by atoms with van der Waals surface area (Å²) in [7, 11) is 1.61. The van der Waals surface area contributed by atoms with Gasteiger partial charge in [-0.25, -0.2) is 9.97 Å². The molecule has 1 saturated heterocycles. The van der Waals surface area contributed by atoms with E-state index in [0.717, 1.165) is 25.1 Å². The summed E-state index contributed by atoms with van der Waals surface area (Å²) in [4.78, 5) is 22.2. The fourth-order valence-corrected chi connectivity index (χ4v) is 3.87. The highest BCUT2D eigenvalue weighted by Gasteiger charge is 2.23. The molecule has 2 N–H and O–H groups in total. The van der Waals surface area contributed by atoms with Crippen molar-refractivity contribution in [3.8, 4) is 11.5 Å². The molecule has 0 spiro atoms. The highest BCUT2D eigenvalue weighted by molar-refractivity contribution is 5.94. The minimum atomic E-state index is -0.340. The van der Waals surface area contributed by atoms with Crippen LogP contribution in [0.1, 0.15) is 18.9 Å². The Kier molecular flexibility index (Phi) is 7.04. The maximum atomic E-state index is 11.9. The van der Waals surface area contributed by atoms with Crippen LogP contribution in [0.25, 0.3) is 10.9 Å². The number of aromatic nitrogens is 2. The molecule has 0 aliphatic carbocycles. The molecule has 1 aliphatic heterocycles. The van der Waals surface area contributed by atoms with E-state index in [1.54, 1.807) is 19.2 Å². The largest absolute Gasteiger partial charge is 0.493 e. The Hall–Kier alpha value is -3.66. The summed E-state index contributed by atoms with van der Waals surface area (Å²) in [5, 5.41) is 19.0. The van der Waals surface area contributed by atoms with Crippen molar-refractivity contribution in [2.75, 3.05) is 50.1 Å². The van der Waals surface area contributed by atoms with Gasteiger partial charge in [0.15, 0.2) is 11.5 Å². The van der Waals surface area contributed by atoms with Crippen molar-refractivity contribution in [1.29, 1.82) is 0 Å². The number of nitro benzene ring substituents is 1. The van der Waals surface area contributed by atoms with Gasteiger partial charge >= 0.3 is 0 Å². The molecule has 2 aromatic carbocycles. The first-order chi connectivity index (χ1) is 16.1. The lowest BCUT2D eigenvalue weighted by Gasteiger charge is -2.29. The topological polar surface area (TPSA) is 115 Å². The predicted molar refractivity (Wildman–Crippen MR) is 127 cm³/mol. The summed E-state index contributed by atoms with van der Waals surface area (Å²) in [5.41, 5.74) is 2.27. The lowest BCUT2D eigenvalue weighted by Crippen LogP contribution is -2.43. The number of piperazine rings is 1. The molecular formula is C23H28N6O4. The van der Waals surface area contributed by atoms with Crippen molar-refractivity contribution < 1.29 is 14.4 Å². The highest BCUT2D eigenvalue weighted by atomic mass is 16.6. The molecule has 0 bridgehead atoms. The van der Waals surface area contributed by atoms with Gasteiger partial charge in [0, 0.05) is 44.2 Å². The number of nitrogens with one attached hydrogen (secondary N) is 2. The van der Waals surface area contributed by atoms with Gasteiger partial charge in [0.1, 0.15) is 17.8 Å². The average molecular weight is 453 g/mol. The van der Waals surface area contributed by atoms with Gasteiger partial charge in [0.05, 0.1) is 24.2 Å². The maximum Gasteiger partial charge on any atom is 0.293 e. The molecule has 0 unspecified atom stereocenters. The van der Waals surface area contributed by atoms with E-state index < -0.39 is 0 Å². The SMILES string of the molecule is CCCOc1ccc(CNc2ncnc3cc(N4CCNCC4)c([N+](=O)[O-])cc23)cc1OC. The number of ether oxygens (including phenoxy) is 2. The van der Waals surface area contributed by atoms with Gasteiger partial charge in [0.2, 0.25) is 0 Å². The quantitative estimate of drug-likeness (QED) is 0.372. The fraction of sp³-hybridized carbons (Fsp3) is 0.391. The van der Waals surface area contributed by atoms with Crippen LogP contribution in [0.4, 0.5) is 17.2 Å². The van der Waals surface area contributed by atoms with Gasteiger partial charge in [-0.05, 0) is 30.2 Å². The Balaban J connectivity index is 1.60. The fourth-order valence-electron chi connectivity index (χ4n) is 3.87. The molecule has 0 radical (unpaired) electrons. The predicted octanol–water partition coefficient (Wildman–Crippen LogP) is 3.36. The average Bonchev–Trinajstić information content (AvgIpc) is 2.86. The molecule has 1 aliphatic rings. The van der Waals surface area contributed by atoms with Crippen molar-refractivity contribution in [2.45, 2.75) is 19.9 Å². The van der Waals surface area contributed by atoms with Crippen LogP contribution in [0.3, 0.4) is 0 Å². The molecule has 0 amide bonds. The molecule has 3 aromatic rings. The smallest absolute Gasteiger partial charge is 0.293 e. The number of methoxy groups -OCH3 is 1. The minimum absolute atomic E-state index is 0.0568. The third-order valence-corrected chi connectivity index (χ3v) is 5.54. The third-order valence-electron chi connectivity index (χ3n) is 5.54. The molecule has 1 fully saturated rings. The first-order valence-electron chi connectivity index (χ1n) is 11.0. The summed E-state index contributed by atoms with van der Waals surface area (Å²) in [6.45, 7) is 6.13. The Morgan fingerprint density at radius 3 is 2.73 bits per heavy atom. The Morgan fingerprint density at radius 2 is 2.00 bits per heavy atom. The molecule has 174 valence electrons. The van der Waals surface area contributed by atoms with Crippen LogP contribution in [0, 0.1) is 10.1 Å². The molecule has 2 heterocycles. The summed E-state index contributed by atoms with van der Waals surface area (Å²) >= 11 is 0. The minimum Gasteiger partial charge on any atom is -0.493 e. The van der Waals surface area contributed by atoms with Crippen LogP contribution in [-0.4, -0.2) is 54.8 Å². The van der Waals surface area contributed by atoms with E-state index in [4.69, 9.17) is 9.47 Å². The third kappa shape index (κ3) is 5.06. The number of hydrogen-bond donors (Lipinski definition) is 2. The standard InChI is InChI=1S/C23H28N6O4/c1-3-10-33-21-5-4-16(11-22(21)32-2)14-25-23-17-12-20(29(30)31)19(13-18(17)26-15-27-23)28-8-6-24-7-9-28/h4-5,11-13,15,24H,3,6-10,14H2,1-2H3,(H,25,26,27). The second kappa shape index (κ2) is 10.3. The van der Waals surface area contributed by atoms with Gasteiger partial charge in [-0.1, -0.05) is 13.0 Å². The van der Waals surface area contributed by atoms with E-state index in [1.807, 2.05) is 30.0 Å². The normalized spacial score (nSPS) is 13.7. The zero-order valence-corrected chi connectivity index (χ0v) is 18.8. The summed E-state index contributed by atoms with van der Waals surface area (Å²) in [6, 6.07) is 9.10. The lowest BCUT2D eigenvalue weighted by molar-refractivity contribution is -0.384. The molecular weight excluding hydrogens is 424 g/mol. The van der Waals surface area contributed by atoms with Crippen LogP contribution in [0.15, 0.2) is 36.7 Å². The molecule has 10 heteroatoms. The first-order valence-corrected chi connectivity index (χ1v) is 11.0. The summed E-state index contributed by atoms with van der Waals surface area (Å²) in [5.74, 6) is 1.90. The van der Waals surface area contributed by atoms with Crippen molar-refractivity contribution in [3.63, 3.8) is 0 Å². The van der Waals surface area contributed by atoms with Crippen LogP contribution >= 0.6 is 0 Å². The molecule has 0 atom stereocenters. The zero-order chi connectivity index (χ0) is 23.2. The number of rotatable bonds is 9. The molecule has 33 heavy (non-hydrogen) atoms. The number of hydrogen-bond acceptors (Lipinski definition) is 9. The maximum absolute atomic E-state index is 11.9. The number of fused-ring (bicyclic) bond motifs is 1. The molecule has 4 rings (SSSR count). The van der Waals surface area contributed by atoms with Gasteiger partial charge in [-0.15, -0.1) is 0 Å².